The molecule has 2 aromatic heterocycles. The number of hydrogen-bond acceptors (Lipinski definition) is 10. The molecule has 4 heterocycles. The van der Waals surface area contributed by atoms with Gasteiger partial charge in [-0.3, -0.25) is 9.79 Å². The van der Waals surface area contributed by atoms with Crippen LogP contribution in [-0.4, -0.2) is 53.2 Å². The summed E-state index contributed by atoms with van der Waals surface area (Å²) in [5.41, 5.74) is 2.73. The molecule has 5 rings (SSSR count). The van der Waals surface area contributed by atoms with Crippen molar-refractivity contribution in [3.05, 3.63) is 56.9 Å². The molecule has 1 amide bonds. The Morgan fingerprint density at radius 1 is 1.03 bits per heavy atom. The smallest absolute Gasteiger partial charge is 0.257 e. The van der Waals surface area contributed by atoms with Gasteiger partial charge in [0.15, 0.2) is 5.82 Å². The number of hydrogen-bond donors (Lipinski definition) is 0. The van der Waals surface area contributed by atoms with Gasteiger partial charge in [-0.2, -0.15) is 0 Å². The number of rotatable bonds is 5. The van der Waals surface area contributed by atoms with Gasteiger partial charge in [0.05, 0.1) is 5.56 Å². The van der Waals surface area contributed by atoms with Crippen LogP contribution in [-0.2, 0) is 0 Å². The number of fused-ring (bicyclic) bond motifs is 1. The summed E-state index contributed by atoms with van der Waals surface area (Å²) < 4.78 is 0.495. The van der Waals surface area contributed by atoms with Gasteiger partial charge in [-0.15, -0.1) is 21.2 Å². The molecule has 33 heavy (non-hydrogen) atoms. The summed E-state index contributed by atoms with van der Waals surface area (Å²) in [6, 6.07) is 7.12. The fraction of sp³-hybridized carbons (Fsp3) is 0.273. The molecule has 0 radical (unpaired) electrons. The minimum absolute atomic E-state index is 0.0224. The number of anilines is 1. The Kier molecular flexibility index (Phi) is 5.69. The van der Waals surface area contributed by atoms with E-state index >= 15 is 0 Å². The molecule has 3 aromatic rings. The SMILES string of the molecule is O=Nc1cccc(N2CCN(C(=O)c3csc4c(N=O)nc(C5=CCCC=N5)nc34)CC2)c1. The van der Waals surface area contributed by atoms with Gasteiger partial charge in [-0.25, -0.2) is 9.97 Å². The predicted molar refractivity (Wildman–Crippen MR) is 129 cm³/mol. The second-order valence-corrected chi connectivity index (χ2v) is 8.54. The molecule has 0 unspecified atom stereocenters. The van der Waals surface area contributed by atoms with Gasteiger partial charge in [0.2, 0.25) is 5.82 Å². The maximum absolute atomic E-state index is 13.4. The summed E-state index contributed by atoms with van der Waals surface area (Å²) in [7, 11) is 0. The Bertz CT molecular complexity index is 1310. The van der Waals surface area contributed by atoms with E-state index in [1.165, 1.54) is 11.3 Å². The van der Waals surface area contributed by atoms with Crippen LogP contribution in [0.4, 0.5) is 17.2 Å². The number of carbonyl (C=O) groups excluding carboxylic acids is 1. The van der Waals surface area contributed by atoms with Crippen molar-refractivity contribution in [2.45, 2.75) is 12.8 Å². The number of nitroso groups, excluding NO2 is 2. The quantitative estimate of drug-likeness (QED) is 0.510. The average Bonchev–Trinajstić information content (AvgIpc) is 3.32. The lowest BCUT2D eigenvalue weighted by molar-refractivity contribution is 0.0749. The van der Waals surface area contributed by atoms with E-state index in [9.17, 15) is 14.6 Å². The summed E-state index contributed by atoms with van der Waals surface area (Å²) in [5, 5.41) is 7.77. The van der Waals surface area contributed by atoms with Gasteiger partial charge < -0.3 is 9.80 Å². The highest BCUT2D eigenvalue weighted by atomic mass is 32.1. The third-order valence-corrected chi connectivity index (χ3v) is 6.64. The Morgan fingerprint density at radius 2 is 1.88 bits per heavy atom. The zero-order valence-electron chi connectivity index (χ0n) is 17.5. The number of piperazine rings is 1. The predicted octanol–water partition coefficient (Wildman–Crippen LogP) is 4.66. The third-order valence-electron chi connectivity index (χ3n) is 5.67. The summed E-state index contributed by atoms with van der Waals surface area (Å²) >= 11 is 1.24. The second kappa shape index (κ2) is 8.94. The molecule has 1 fully saturated rings. The summed E-state index contributed by atoms with van der Waals surface area (Å²) in [6.45, 7) is 2.28. The molecule has 0 atom stereocenters. The van der Waals surface area contributed by atoms with E-state index in [0.29, 0.717) is 59.2 Å². The van der Waals surface area contributed by atoms with Crippen LogP contribution < -0.4 is 4.90 Å². The van der Waals surface area contributed by atoms with Gasteiger partial charge in [-0.05, 0) is 41.4 Å². The fourth-order valence-electron chi connectivity index (χ4n) is 3.98. The molecule has 0 saturated carbocycles. The first-order chi connectivity index (χ1) is 16.2. The highest BCUT2D eigenvalue weighted by molar-refractivity contribution is 7.18. The molecular formula is C22H19N7O3S. The lowest BCUT2D eigenvalue weighted by Gasteiger charge is -2.36. The maximum atomic E-state index is 13.4. The van der Waals surface area contributed by atoms with E-state index in [-0.39, 0.29) is 11.7 Å². The van der Waals surface area contributed by atoms with Gasteiger partial charge in [0.25, 0.3) is 5.91 Å². The Hall–Kier alpha value is -3.86. The third kappa shape index (κ3) is 4.02. The summed E-state index contributed by atoms with van der Waals surface area (Å²) in [4.78, 5) is 52.7. The van der Waals surface area contributed by atoms with Gasteiger partial charge in [-0.1, -0.05) is 12.1 Å². The number of aromatic nitrogens is 2. The normalized spacial score (nSPS) is 16.1. The van der Waals surface area contributed by atoms with Crippen LogP contribution in [0.25, 0.3) is 15.9 Å². The molecule has 0 bridgehead atoms. The molecule has 0 aliphatic carbocycles. The van der Waals surface area contributed by atoms with Crippen molar-refractivity contribution in [1.82, 2.24) is 14.9 Å². The van der Waals surface area contributed by atoms with Gasteiger partial charge in [0.1, 0.15) is 21.6 Å². The van der Waals surface area contributed by atoms with E-state index in [1.54, 1.807) is 34.7 Å². The van der Waals surface area contributed by atoms with E-state index in [0.717, 1.165) is 18.5 Å². The second-order valence-electron chi connectivity index (χ2n) is 7.66. The van der Waals surface area contributed by atoms with E-state index < -0.39 is 0 Å². The Morgan fingerprint density at radius 3 is 2.61 bits per heavy atom. The van der Waals surface area contributed by atoms with Crippen molar-refractivity contribution >= 4 is 56.6 Å². The molecule has 2 aliphatic rings. The van der Waals surface area contributed by atoms with Crippen LogP contribution in [0.5, 0.6) is 0 Å². The first kappa shape index (κ1) is 21.0. The van der Waals surface area contributed by atoms with Gasteiger partial charge in [0, 0.05) is 43.5 Å². The minimum atomic E-state index is -0.146. The van der Waals surface area contributed by atoms with Crippen LogP contribution in [0.15, 0.2) is 51.1 Å². The van der Waals surface area contributed by atoms with Crippen LogP contribution in [0.1, 0.15) is 29.0 Å². The van der Waals surface area contributed by atoms with E-state index in [1.807, 2.05) is 12.1 Å². The Labute approximate surface area is 192 Å². The highest BCUT2D eigenvalue weighted by Gasteiger charge is 2.27. The van der Waals surface area contributed by atoms with Crippen molar-refractivity contribution in [3.8, 4) is 0 Å². The zero-order chi connectivity index (χ0) is 22.8. The number of nitrogens with zero attached hydrogens (tertiary/aromatic N) is 7. The van der Waals surface area contributed by atoms with Crippen molar-refractivity contribution in [1.29, 1.82) is 0 Å². The first-order valence-corrected chi connectivity index (χ1v) is 11.4. The van der Waals surface area contributed by atoms with Crippen molar-refractivity contribution in [3.63, 3.8) is 0 Å². The van der Waals surface area contributed by atoms with E-state index in [2.05, 4.69) is 30.2 Å². The monoisotopic (exact) mass is 461 g/mol. The number of aliphatic imine (C=N–C) groups is 1. The first-order valence-electron chi connectivity index (χ1n) is 10.5. The van der Waals surface area contributed by atoms with E-state index in [4.69, 9.17) is 0 Å². The topological polar surface area (TPSA) is 121 Å². The summed E-state index contributed by atoms with van der Waals surface area (Å²) in [6.07, 6.45) is 5.36. The molecule has 0 spiro atoms. The molecule has 0 N–H and O–H groups in total. The number of amides is 1. The van der Waals surface area contributed by atoms with Crippen molar-refractivity contribution < 1.29 is 4.79 Å². The number of allylic oxidation sites excluding steroid dienone is 1. The lowest BCUT2D eigenvalue weighted by Crippen LogP contribution is -2.48. The number of thiophene rings is 1. The number of carbonyl (C=O) groups is 1. The molecule has 1 aromatic carbocycles. The van der Waals surface area contributed by atoms with Gasteiger partial charge >= 0.3 is 0 Å². The molecule has 1 saturated heterocycles. The molecule has 2 aliphatic heterocycles. The van der Waals surface area contributed by atoms with Crippen LogP contribution in [0.2, 0.25) is 0 Å². The maximum Gasteiger partial charge on any atom is 0.257 e. The fourth-order valence-corrected chi connectivity index (χ4v) is 4.88. The molecule has 166 valence electrons. The zero-order valence-corrected chi connectivity index (χ0v) is 18.4. The molecule has 10 nitrogen and oxygen atoms in total. The summed E-state index contributed by atoms with van der Waals surface area (Å²) in [5.74, 6) is 0.176. The Balaban J connectivity index is 1.39. The molecule has 11 heteroatoms. The highest BCUT2D eigenvalue weighted by Crippen LogP contribution is 2.34. The largest absolute Gasteiger partial charge is 0.368 e. The lowest BCUT2D eigenvalue weighted by atomic mass is 10.2. The standard InChI is InChI=1S/C22H19N7O3S/c30-22(29-10-8-28(9-11-29)15-5-3-4-14(12-15)26-31)16-13-33-19-18(16)24-20(25-21(19)27-32)17-6-1-2-7-23-17/h3-7,12-13H,1-2,8-11H2. The average molecular weight is 462 g/mol. The van der Waals surface area contributed by atoms with Crippen LogP contribution >= 0.6 is 11.3 Å². The van der Waals surface area contributed by atoms with Crippen molar-refractivity contribution in [2.24, 2.45) is 15.3 Å². The minimum Gasteiger partial charge on any atom is -0.368 e. The molecular weight excluding hydrogens is 442 g/mol. The van der Waals surface area contributed by atoms with Crippen LogP contribution in [0.3, 0.4) is 0 Å². The number of benzene rings is 1. The van der Waals surface area contributed by atoms with Crippen molar-refractivity contribution in [2.75, 3.05) is 31.1 Å². The van der Waals surface area contributed by atoms with Crippen LogP contribution in [0, 0.1) is 9.81 Å².